The Kier molecular flexibility index (Phi) is 4.40. The number of carbonyl (C=O) groups is 2. The van der Waals surface area contributed by atoms with Gasteiger partial charge in [0.15, 0.2) is 11.5 Å². The molecule has 1 N–H and O–H groups in total. The molecule has 3 amide bonds. The summed E-state index contributed by atoms with van der Waals surface area (Å²) in [5.41, 5.74) is -0.0172. The number of amides is 3. The number of ether oxygens (including phenoxy) is 2. The summed E-state index contributed by atoms with van der Waals surface area (Å²) in [4.78, 5) is 26.7. The number of urea groups is 1. The van der Waals surface area contributed by atoms with E-state index in [0.29, 0.717) is 45.9 Å². The van der Waals surface area contributed by atoms with Crippen LogP contribution < -0.4 is 14.8 Å². The van der Waals surface area contributed by atoms with Crippen LogP contribution >= 0.6 is 23.2 Å². The number of fused-ring (bicyclic) bond motifs is 1. The van der Waals surface area contributed by atoms with Crippen molar-refractivity contribution in [2.24, 2.45) is 0 Å². The zero-order valence-corrected chi connectivity index (χ0v) is 15.9. The van der Waals surface area contributed by atoms with Crippen LogP contribution in [-0.2, 0) is 16.9 Å². The number of carbonyl (C=O) groups excluding carboxylic acids is 2. The van der Waals surface area contributed by atoms with Crippen LogP contribution in [-0.4, -0.2) is 30.1 Å². The maximum atomic E-state index is 13.1. The number of rotatable bonds is 3. The van der Waals surface area contributed by atoms with Gasteiger partial charge in [0.2, 0.25) is 0 Å². The minimum Gasteiger partial charge on any atom is -0.486 e. The maximum absolute atomic E-state index is 13.1. The number of hydrogen-bond acceptors (Lipinski definition) is 4. The van der Waals surface area contributed by atoms with Crippen LogP contribution in [0.3, 0.4) is 0 Å². The number of nitrogens with zero attached hydrogens (tertiary/aromatic N) is 1. The van der Waals surface area contributed by atoms with Gasteiger partial charge in [0, 0.05) is 10.6 Å². The van der Waals surface area contributed by atoms with E-state index in [1.165, 1.54) is 0 Å². The molecule has 0 aromatic heterocycles. The summed E-state index contributed by atoms with van der Waals surface area (Å²) in [7, 11) is 0. The second-order valence-corrected chi connectivity index (χ2v) is 7.34. The van der Waals surface area contributed by atoms with Gasteiger partial charge in [-0.3, -0.25) is 9.69 Å². The average molecular weight is 407 g/mol. The molecule has 0 saturated carbocycles. The summed E-state index contributed by atoms with van der Waals surface area (Å²) in [6, 6.07) is 9.86. The van der Waals surface area contributed by atoms with Crippen LogP contribution in [0.4, 0.5) is 4.79 Å². The molecule has 1 fully saturated rings. The Hall–Kier alpha value is -2.44. The molecule has 1 atom stereocenters. The van der Waals surface area contributed by atoms with Crippen molar-refractivity contribution in [1.82, 2.24) is 10.2 Å². The van der Waals surface area contributed by atoms with Crippen LogP contribution in [0.2, 0.25) is 10.0 Å². The molecule has 1 saturated heterocycles. The standard InChI is InChI=1S/C19H16Cl2N2O4/c1-19(12-4-2-3-5-13(12)20)17(24)23(18(25)22-19)10-11-8-14(21)16-15(9-11)26-6-7-27-16/h2-5,8-9H,6-7,10H2,1H3,(H,22,25)/t19-/m0/s1. The van der Waals surface area contributed by atoms with Gasteiger partial charge in [-0.25, -0.2) is 4.79 Å². The molecule has 0 bridgehead atoms. The lowest BCUT2D eigenvalue weighted by Gasteiger charge is -2.24. The van der Waals surface area contributed by atoms with Gasteiger partial charge in [0.1, 0.15) is 18.8 Å². The van der Waals surface area contributed by atoms with Crippen LogP contribution in [0.1, 0.15) is 18.1 Å². The lowest BCUT2D eigenvalue weighted by molar-refractivity contribution is -0.131. The largest absolute Gasteiger partial charge is 0.486 e. The molecule has 2 aliphatic rings. The molecule has 2 aromatic carbocycles. The van der Waals surface area contributed by atoms with Crippen molar-refractivity contribution >= 4 is 35.1 Å². The molecule has 0 unspecified atom stereocenters. The van der Waals surface area contributed by atoms with Crippen LogP contribution in [0.25, 0.3) is 0 Å². The van der Waals surface area contributed by atoms with Gasteiger partial charge >= 0.3 is 6.03 Å². The highest BCUT2D eigenvalue weighted by atomic mass is 35.5. The van der Waals surface area contributed by atoms with Crippen molar-refractivity contribution in [3.05, 3.63) is 57.6 Å². The predicted octanol–water partition coefficient (Wildman–Crippen LogP) is 3.73. The van der Waals surface area contributed by atoms with Gasteiger partial charge in [-0.1, -0.05) is 41.4 Å². The first-order valence-electron chi connectivity index (χ1n) is 8.37. The molecule has 0 radical (unpaired) electrons. The molecule has 27 heavy (non-hydrogen) atoms. The second kappa shape index (κ2) is 6.62. The summed E-state index contributed by atoms with van der Waals surface area (Å²) >= 11 is 12.5. The van der Waals surface area contributed by atoms with E-state index in [-0.39, 0.29) is 12.5 Å². The molecule has 2 aromatic rings. The van der Waals surface area contributed by atoms with E-state index in [1.807, 2.05) is 0 Å². The zero-order chi connectivity index (χ0) is 19.2. The molecule has 0 spiro atoms. The minimum atomic E-state index is -1.23. The van der Waals surface area contributed by atoms with Gasteiger partial charge in [0.05, 0.1) is 11.6 Å². The quantitative estimate of drug-likeness (QED) is 0.788. The minimum absolute atomic E-state index is 0.0566. The van der Waals surface area contributed by atoms with E-state index in [1.54, 1.807) is 43.3 Å². The molecule has 6 nitrogen and oxygen atoms in total. The first kappa shape index (κ1) is 17.9. The second-order valence-electron chi connectivity index (χ2n) is 6.53. The number of imide groups is 1. The third kappa shape index (κ3) is 2.99. The first-order chi connectivity index (χ1) is 12.9. The van der Waals surface area contributed by atoms with E-state index in [4.69, 9.17) is 32.7 Å². The number of nitrogens with one attached hydrogen (secondary N) is 1. The lowest BCUT2D eigenvalue weighted by atomic mass is 9.92. The fourth-order valence-electron chi connectivity index (χ4n) is 3.33. The van der Waals surface area contributed by atoms with Crippen LogP contribution in [0.5, 0.6) is 11.5 Å². The maximum Gasteiger partial charge on any atom is 0.325 e. The Morgan fingerprint density at radius 1 is 1.11 bits per heavy atom. The monoisotopic (exact) mass is 406 g/mol. The fourth-order valence-corrected chi connectivity index (χ4v) is 3.94. The fraction of sp³-hybridized carbons (Fsp3) is 0.263. The number of hydrogen-bond donors (Lipinski definition) is 1. The lowest BCUT2D eigenvalue weighted by Crippen LogP contribution is -2.41. The third-order valence-electron chi connectivity index (χ3n) is 4.68. The Morgan fingerprint density at radius 3 is 2.63 bits per heavy atom. The molecular weight excluding hydrogens is 391 g/mol. The SMILES string of the molecule is C[C@@]1(c2ccccc2Cl)NC(=O)N(Cc2cc(Cl)c3c(c2)OCCO3)C1=O. The van der Waals surface area contributed by atoms with Gasteiger partial charge < -0.3 is 14.8 Å². The predicted molar refractivity (Wildman–Crippen MR) is 100 cm³/mol. The molecule has 0 aliphatic carbocycles. The van der Waals surface area contributed by atoms with Gasteiger partial charge in [-0.15, -0.1) is 0 Å². The zero-order valence-electron chi connectivity index (χ0n) is 14.4. The topological polar surface area (TPSA) is 67.9 Å². The highest BCUT2D eigenvalue weighted by molar-refractivity contribution is 6.32. The van der Waals surface area contributed by atoms with Gasteiger partial charge in [0.25, 0.3) is 5.91 Å². The highest BCUT2D eigenvalue weighted by Crippen LogP contribution is 2.39. The van der Waals surface area contributed by atoms with E-state index >= 15 is 0 Å². The third-order valence-corrected chi connectivity index (χ3v) is 5.30. The summed E-state index contributed by atoms with van der Waals surface area (Å²) < 4.78 is 11.1. The van der Waals surface area contributed by atoms with Gasteiger partial charge in [-0.2, -0.15) is 0 Å². The average Bonchev–Trinajstić information content (AvgIpc) is 2.86. The number of benzene rings is 2. The summed E-state index contributed by atoms with van der Waals surface area (Å²) in [5, 5.41) is 3.54. The summed E-state index contributed by atoms with van der Waals surface area (Å²) in [6.45, 7) is 2.54. The van der Waals surface area contributed by atoms with E-state index in [2.05, 4.69) is 5.32 Å². The van der Waals surface area contributed by atoms with Crippen molar-refractivity contribution in [2.75, 3.05) is 13.2 Å². The van der Waals surface area contributed by atoms with Crippen molar-refractivity contribution in [3.8, 4) is 11.5 Å². The van der Waals surface area contributed by atoms with Crippen molar-refractivity contribution < 1.29 is 19.1 Å². The van der Waals surface area contributed by atoms with E-state index < -0.39 is 11.6 Å². The Morgan fingerprint density at radius 2 is 1.85 bits per heavy atom. The smallest absolute Gasteiger partial charge is 0.325 e. The molecule has 140 valence electrons. The molecule has 8 heteroatoms. The van der Waals surface area contributed by atoms with Crippen LogP contribution in [0, 0.1) is 0 Å². The molecular formula is C19H16Cl2N2O4. The number of halogens is 2. The van der Waals surface area contributed by atoms with Crippen molar-refractivity contribution in [3.63, 3.8) is 0 Å². The van der Waals surface area contributed by atoms with Crippen molar-refractivity contribution in [2.45, 2.75) is 19.0 Å². The summed E-state index contributed by atoms with van der Waals surface area (Å²) in [5.74, 6) is 0.598. The van der Waals surface area contributed by atoms with E-state index in [0.717, 1.165) is 4.90 Å². The normalized spacial score (nSPS) is 21.4. The Labute approximate surface area is 165 Å². The van der Waals surface area contributed by atoms with Crippen molar-refractivity contribution in [1.29, 1.82) is 0 Å². The Bertz CT molecular complexity index is 949. The Balaban J connectivity index is 1.64. The molecule has 4 rings (SSSR count). The summed E-state index contributed by atoms with van der Waals surface area (Å²) in [6.07, 6.45) is 0. The van der Waals surface area contributed by atoms with E-state index in [9.17, 15) is 9.59 Å². The molecule has 2 heterocycles. The van der Waals surface area contributed by atoms with Gasteiger partial charge in [-0.05, 0) is 30.7 Å². The first-order valence-corrected chi connectivity index (χ1v) is 9.13. The molecule has 2 aliphatic heterocycles. The highest BCUT2D eigenvalue weighted by Gasteiger charge is 2.49. The van der Waals surface area contributed by atoms with Crippen LogP contribution in [0.15, 0.2) is 36.4 Å².